The number of rotatable bonds is 6. The number of thiophene rings is 1. The second-order valence-corrected chi connectivity index (χ2v) is 8.26. The van der Waals surface area contributed by atoms with E-state index in [-0.39, 0.29) is 11.7 Å². The molecule has 1 heterocycles. The topological polar surface area (TPSA) is 46.2 Å². The van der Waals surface area contributed by atoms with Gasteiger partial charge in [0.2, 0.25) is 10.0 Å². The van der Waals surface area contributed by atoms with E-state index in [0.29, 0.717) is 12.4 Å². The fourth-order valence-electron chi connectivity index (χ4n) is 2.14. The average molecular weight is 308 g/mol. The van der Waals surface area contributed by atoms with Gasteiger partial charge in [0.25, 0.3) is 0 Å². The normalized spacial score (nSPS) is 16.8. The Balaban J connectivity index is 1.90. The van der Waals surface area contributed by atoms with Crippen LogP contribution in [-0.4, -0.2) is 20.1 Å². The largest absolute Gasteiger partial charge is 0.212 e. The molecule has 0 radical (unpaired) electrons. The monoisotopic (exact) mass is 307 g/mol. The number of halogens is 1. The Hall–Kier alpha value is -0.100. The van der Waals surface area contributed by atoms with E-state index in [1.807, 2.05) is 6.92 Å². The Morgan fingerprint density at radius 1 is 1.50 bits per heavy atom. The van der Waals surface area contributed by atoms with Crippen LogP contribution in [0.5, 0.6) is 0 Å². The van der Waals surface area contributed by atoms with E-state index < -0.39 is 10.0 Å². The van der Waals surface area contributed by atoms with Crippen LogP contribution >= 0.6 is 22.9 Å². The van der Waals surface area contributed by atoms with Crippen molar-refractivity contribution in [2.45, 2.75) is 32.7 Å². The standard InChI is InChI=1S/C12H18ClNO2S2/c1-9(6-13)8-18(15,16)14-7-11-5-10-3-2-4-12(10)17-11/h5,9,14H,2-4,6-8H2,1H3. The highest BCUT2D eigenvalue weighted by Crippen LogP contribution is 2.30. The van der Waals surface area contributed by atoms with Crippen LogP contribution in [0.15, 0.2) is 6.07 Å². The van der Waals surface area contributed by atoms with E-state index in [1.165, 1.54) is 16.9 Å². The lowest BCUT2D eigenvalue weighted by atomic mass is 10.2. The number of aryl methyl sites for hydroxylation is 2. The lowest BCUT2D eigenvalue weighted by Crippen LogP contribution is -2.29. The fourth-order valence-corrected chi connectivity index (χ4v) is 5.03. The van der Waals surface area contributed by atoms with Gasteiger partial charge in [-0.2, -0.15) is 0 Å². The predicted molar refractivity (Wildman–Crippen MR) is 76.9 cm³/mol. The summed E-state index contributed by atoms with van der Waals surface area (Å²) in [6, 6.07) is 2.14. The third-order valence-corrected chi connectivity index (χ3v) is 6.39. The lowest BCUT2D eigenvalue weighted by molar-refractivity contribution is 0.569. The smallest absolute Gasteiger partial charge is 0.212 e. The van der Waals surface area contributed by atoms with Crippen LogP contribution in [0.4, 0.5) is 0 Å². The van der Waals surface area contributed by atoms with Gasteiger partial charge < -0.3 is 0 Å². The predicted octanol–water partition coefficient (Wildman–Crippen LogP) is 2.53. The van der Waals surface area contributed by atoms with E-state index in [9.17, 15) is 8.42 Å². The summed E-state index contributed by atoms with van der Waals surface area (Å²) in [6.07, 6.45) is 3.53. The molecular weight excluding hydrogens is 290 g/mol. The summed E-state index contributed by atoms with van der Waals surface area (Å²) >= 11 is 7.37. The van der Waals surface area contributed by atoms with Gasteiger partial charge in [0.05, 0.1) is 5.75 Å². The Labute approximate surface area is 118 Å². The van der Waals surface area contributed by atoms with Crippen LogP contribution < -0.4 is 4.72 Å². The summed E-state index contributed by atoms with van der Waals surface area (Å²) < 4.78 is 26.2. The molecule has 0 spiro atoms. The molecule has 18 heavy (non-hydrogen) atoms. The first-order valence-corrected chi connectivity index (χ1v) is 9.14. The number of nitrogens with one attached hydrogen (secondary N) is 1. The molecular formula is C12H18ClNO2S2. The first-order chi connectivity index (χ1) is 8.50. The zero-order valence-electron chi connectivity index (χ0n) is 10.4. The molecule has 1 aliphatic carbocycles. The third kappa shape index (κ3) is 3.70. The van der Waals surface area contributed by atoms with E-state index in [4.69, 9.17) is 11.6 Å². The molecule has 3 nitrogen and oxygen atoms in total. The Kier molecular flexibility index (Phi) is 4.69. The van der Waals surface area contributed by atoms with Gasteiger partial charge in [-0.3, -0.25) is 0 Å². The fraction of sp³-hybridized carbons (Fsp3) is 0.667. The first-order valence-electron chi connectivity index (χ1n) is 6.14. The van der Waals surface area contributed by atoms with E-state index in [1.54, 1.807) is 11.3 Å². The van der Waals surface area contributed by atoms with Crippen molar-refractivity contribution in [2.75, 3.05) is 11.6 Å². The highest BCUT2D eigenvalue weighted by atomic mass is 35.5. The third-order valence-electron chi connectivity index (χ3n) is 3.03. The van der Waals surface area contributed by atoms with Crippen molar-refractivity contribution in [3.63, 3.8) is 0 Å². The van der Waals surface area contributed by atoms with Gasteiger partial charge >= 0.3 is 0 Å². The molecule has 1 aromatic rings. The Morgan fingerprint density at radius 2 is 2.28 bits per heavy atom. The van der Waals surface area contributed by atoms with Crippen molar-refractivity contribution < 1.29 is 8.42 Å². The van der Waals surface area contributed by atoms with Gasteiger partial charge in [-0.05, 0) is 36.8 Å². The molecule has 1 N–H and O–H groups in total. The van der Waals surface area contributed by atoms with Gasteiger partial charge in [-0.25, -0.2) is 13.1 Å². The SMILES string of the molecule is CC(CCl)CS(=O)(=O)NCc1cc2c(s1)CCC2. The Morgan fingerprint density at radius 3 is 2.94 bits per heavy atom. The van der Waals surface area contributed by atoms with Crippen LogP contribution in [0.25, 0.3) is 0 Å². The van der Waals surface area contributed by atoms with Crippen LogP contribution in [0.1, 0.15) is 28.7 Å². The summed E-state index contributed by atoms with van der Waals surface area (Å²) in [7, 11) is -3.21. The molecule has 1 aliphatic rings. The molecule has 2 rings (SSSR count). The number of alkyl halides is 1. The molecule has 6 heteroatoms. The van der Waals surface area contributed by atoms with E-state index in [0.717, 1.165) is 17.7 Å². The number of sulfonamides is 1. The molecule has 0 amide bonds. The molecule has 1 unspecified atom stereocenters. The molecule has 0 saturated heterocycles. The van der Waals surface area contributed by atoms with Crippen molar-refractivity contribution in [3.8, 4) is 0 Å². The maximum atomic E-state index is 11.8. The molecule has 0 aliphatic heterocycles. The van der Waals surface area contributed by atoms with Crippen LogP contribution in [0.3, 0.4) is 0 Å². The van der Waals surface area contributed by atoms with Gasteiger partial charge in [0.15, 0.2) is 0 Å². The summed E-state index contributed by atoms with van der Waals surface area (Å²) in [6.45, 7) is 2.25. The average Bonchev–Trinajstić information content (AvgIpc) is 2.85. The zero-order chi connectivity index (χ0) is 13.2. The highest BCUT2D eigenvalue weighted by Gasteiger charge is 2.18. The lowest BCUT2D eigenvalue weighted by Gasteiger charge is -2.09. The molecule has 1 atom stereocenters. The number of hydrogen-bond acceptors (Lipinski definition) is 3. The van der Waals surface area contributed by atoms with Crippen LogP contribution in [0, 0.1) is 5.92 Å². The first kappa shape index (κ1) is 14.3. The molecule has 102 valence electrons. The minimum Gasteiger partial charge on any atom is -0.212 e. The molecule has 0 fully saturated rings. The second-order valence-electron chi connectivity index (χ2n) is 4.88. The number of fused-ring (bicyclic) bond motifs is 1. The van der Waals surface area contributed by atoms with Crippen molar-refractivity contribution in [1.82, 2.24) is 4.72 Å². The van der Waals surface area contributed by atoms with Crippen molar-refractivity contribution in [3.05, 3.63) is 21.4 Å². The molecule has 0 bridgehead atoms. The van der Waals surface area contributed by atoms with Gasteiger partial charge in [0.1, 0.15) is 0 Å². The Bertz CT molecular complexity index is 489. The summed E-state index contributed by atoms with van der Waals surface area (Å²) in [5.41, 5.74) is 1.41. The maximum Gasteiger partial charge on any atom is 0.212 e. The zero-order valence-corrected chi connectivity index (χ0v) is 12.8. The highest BCUT2D eigenvalue weighted by molar-refractivity contribution is 7.89. The molecule has 1 aromatic heterocycles. The van der Waals surface area contributed by atoms with E-state index >= 15 is 0 Å². The molecule has 0 saturated carbocycles. The van der Waals surface area contributed by atoms with Crippen molar-refractivity contribution >= 4 is 33.0 Å². The second kappa shape index (κ2) is 5.90. The van der Waals surface area contributed by atoms with Gasteiger partial charge in [-0.1, -0.05) is 6.92 Å². The van der Waals surface area contributed by atoms with Crippen molar-refractivity contribution in [2.24, 2.45) is 5.92 Å². The minimum atomic E-state index is -3.21. The van der Waals surface area contributed by atoms with Gasteiger partial charge in [0, 0.05) is 22.2 Å². The van der Waals surface area contributed by atoms with E-state index in [2.05, 4.69) is 10.8 Å². The maximum absolute atomic E-state index is 11.8. The van der Waals surface area contributed by atoms with Gasteiger partial charge in [-0.15, -0.1) is 22.9 Å². The summed E-state index contributed by atoms with van der Waals surface area (Å²) in [5.74, 6) is 0.452. The minimum absolute atomic E-state index is 0.0162. The molecule has 0 aromatic carbocycles. The summed E-state index contributed by atoms with van der Waals surface area (Å²) in [4.78, 5) is 2.54. The number of hydrogen-bond donors (Lipinski definition) is 1. The van der Waals surface area contributed by atoms with Crippen LogP contribution in [-0.2, 0) is 29.4 Å². The van der Waals surface area contributed by atoms with Crippen LogP contribution in [0.2, 0.25) is 0 Å². The summed E-state index contributed by atoms with van der Waals surface area (Å²) in [5, 5.41) is 0. The quantitative estimate of drug-likeness (QED) is 0.821. The van der Waals surface area contributed by atoms with Crippen molar-refractivity contribution in [1.29, 1.82) is 0 Å².